The van der Waals surface area contributed by atoms with Crippen molar-refractivity contribution in [2.75, 3.05) is 0 Å². The first-order valence-corrected chi connectivity index (χ1v) is 7.14. The fourth-order valence-corrected chi connectivity index (χ4v) is 2.98. The molecule has 0 saturated carbocycles. The highest BCUT2D eigenvalue weighted by Crippen LogP contribution is 2.25. The zero-order valence-electron chi connectivity index (χ0n) is 10.9. The molecule has 4 nitrogen and oxygen atoms in total. The van der Waals surface area contributed by atoms with Gasteiger partial charge < -0.3 is 0 Å². The summed E-state index contributed by atoms with van der Waals surface area (Å²) in [5.41, 5.74) is 3.58. The summed E-state index contributed by atoms with van der Waals surface area (Å²) in [5.74, 6) is 0. The Balaban J connectivity index is 2.65. The van der Waals surface area contributed by atoms with Gasteiger partial charge in [-0.25, -0.2) is 10.1 Å². The van der Waals surface area contributed by atoms with E-state index in [0.29, 0.717) is 5.56 Å². The molecule has 18 heavy (non-hydrogen) atoms. The van der Waals surface area contributed by atoms with Gasteiger partial charge in [0.15, 0.2) is 0 Å². The van der Waals surface area contributed by atoms with Crippen LogP contribution in [0.2, 0.25) is 0 Å². The summed E-state index contributed by atoms with van der Waals surface area (Å²) in [4.78, 5) is 16.5. The van der Waals surface area contributed by atoms with Crippen molar-refractivity contribution in [3.63, 3.8) is 0 Å². The quantitative estimate of drug-likeness (QED) is 0.922. The molecule has 0 bridgehead atoms. The normalized spacial score (nSPS) is 10.8. The highest BCUT2D eigenvalue weighted by Gasteiger charge is 2.16. The third-order valence-electron chi connectivity index (χ3n) is 2.99. The van der Waals surface area contributed by atoms with E-state index in [1.807, 2.05) is 19.2 Å². The fraction of sp³-hybridized carbons (Fsp3) is 0.462. The van der Waals surface area contributed by atoms with Crippen LogP contribution in [0.5, 0.6) is 0 Å². The second-order valence-corrected chi connectivity index (χ2v) is 4.92. The molecule has 0 aromatic carbocycles. The van der Waals surface area contributed by atoms with Crippen molar-refractivity contribution < 1.29 is 0 Å². The highest BCUT2D eigenvalue weighted by atomic mass is 32.1. The third-order valence-corrected chi connectivity index (χ3v) is 3.89. The van der Waals surface area contributed by atoms with Gasteiger partial charge in [0.05, 0.1) is 17.0 Å². The van der Waals surface area contributed by atoms with E-state index in [2.05, 4.69) is 22.1 Å². The molecule has 0 saturated heterocycles. The van der Waals surface area contributed by atoms with Crippen LogP contribution < -0.4 is 5.56 Å². The van der Waals surface area contributed by atoms with E-state index in [1.165, 1.54) is 11.3 Å². The summed E-state index contributed by atoms with van der Waals surface area (Å²) in [6.45, 7) is 6.16. The van der Waals surface area contributed by atoms with Crippen LogP contribution in [-0.4, -0.2) is 15.2 Å². The van der Waals surface area contributed by atoms with Crippen molar-refractivity contribution in [1.29, 1.82) is 0 Å². The molecule has 96 valence electrons. The molecule has 0 amide bonds. The minimum absolute atomic E-state index is 0.138. The smallest absolute Gasteiger partial charge is 0.267 e. The molecule has 0 atom stereocenters. The topological polar surface area (TPSA) is 58.6 Å². The molecule has 1 N–H and O–H groups in total. The zero-order valence-corrected chi connectivity index (χ0v) is 11.7. The summed E-state index contributed by atoms with van der Waals surface area (Å²) in [6, 6.07) is 0. The van der Waals surface area contributed by atoms with Crippen molar-refractivity contribution in [3.05, 3.63) is 32.7 Å². The Hall–Kier alpha value is -1.49. The van der Waals surface area contributed by atoms with Crippen molar-refractivity contribution in [3.8, 4) is 10.6 Å². The van der Waals surface area contributed by atoms with E-state index in [1.54, 1.807) is 0 Å². The van der Waals surface area contributed by atoms with E-state index in [9.17, 15) is 4.79 Å². The summed E-state index contributed by atoms with van der Waals surface area (Å²) < 4.78 is 0. The molecule has 0 fully saturated rings. The molecule has 0 aliphatic rings. The Morgan fingerprint density at radius 1 is 1.22 bits per heavy atom. The Bertz CT molecular complexity index is 601. The summed E-state index contributed by atoms with van der Waals surface area (Å²) in [5, 5.41) is 9.52. The van der Waals surface area contributed by atoms with Crippen molar-refractivity contribution in [2.24, 2.45) is 0 Å². The number of H-pyrrole nitrogens is 1. The van der Waals surface area contributed by atoms with Crippen LogP contribution >= 0.6 is 11.3 Å². The minimum Gasteiger partial charge on any atom is -0.267 e. The molecule has 0 aliphatic heterocycles. The van der Waals surface area contributed by atoms with E-state index in [4.69, 9.17) is 0 Å². The fourth-order valence-electron chi connectivity index (χ4n) is 2.01. The van der Waals surface area contributed by atoms with Gasteiger partial charge in [-0.2, -0.15) is 5.10 Å². The monoisotopic (exact) mass is 263 g/mol. The first kappa shape index (κ1) is 13.0. The average Bonchev–Trinajstić information content (AvgIpc) is 2.86. The number of aromatic amines is 1. The SMILES string of the molecule is CCc1csc(-c2c(CC)c(CC)n[nH]c2=O)n1. The minimum atomic E-state index is -0.138. The largest absolute Gasteiger partial charge is 0.274 e. The summed E-state index contributed by atoms with van der Waals surface area (Å²) in [6.07, 6.45) is 2.51. The number of aryl methyl sites for hydroxylation is 2. The maximum absolute atomic E-state index is 12.0. The molecule has 5 heteroatoms. The number of hydrogen-bond acceptors (Lipinski definition) is 4. The summed E-state index contributed by atoms with van der Waals surface area (Å²) in [7, 11) is 0. The van der Waals surface area contributed by atoms with Crippen LogP contribution in [0, 0.1) is 0 Å². The second-order valence-electron chi connectivity index (χ2n) is 4.06. The lowest BCUT2D eigenvalue weighted by atomic mass is 10.0. The van der Waals surface area contributed by atoms with Crippen LogP contribution in [0.1, 0.15) is 37.7 Å². The maximum Gasteiger partial charge on any atom is 0.274 e. The first-order chi connectivity index (χ1) is 8.71. The van der Waals surface area contributed by atoms with E-state index in [0.717, 1.165) is 41.2 Å². The number of rotatable bonds is 4. The molecule has 0 aliphatic carbocycles. The molecule has 0 unspecified atom stereocenters. The average molecular weight is 263 g/mol. The maximum atomic E-state index is 12.0. The first-order valence-electron chi connectivity index (χ1n) is 6.26. The van der Waals surface area contributed by atoms with Gasteiger partial charge in [-0.05, 0) is 24.8 Å². The molecule has 2 heterocycles. The molecule has 2 rings (SSSR count). The van der Waals surface area contributed by atoms with Crippen LogP contribution in [0.25, 0.3) is 10.6 Å². The number of aromatic nitrogens is 3. The van der Waals surface area contributed by atoms with E-state index in [-0.39, 0.29) is 5.56 Å². The lowest BCUT2D eigenvalue weighted by molar-refractivity contribution is 0.860. The van der Waals surface area contributed by atoms with Crippen LogP contribution in [0.15, 0.2) is 10.2 Å². The number of thiazole rings is 1. The van der Waals surface area contributed by atoms with E-state index >= 15 is 0 Å². The van der Waals surface area contributed by atoms with Gasteiger partial charge in [0.2, 0.25) is 0 Å². The zero-order chi connectivity index (χ0) is 13.1. The number of hydrogen-bond donors (Lipinski definition) is 1. The predicted octanol–water partition coefficient (Wildman–Crippen LogP) is 2.58. The Morgan fingerprint density at radius 3 is 2.56 bits per heavy atom. The van der Waals surface area contributed by atoms with Crippen molar-refractivity contribution in [1.82, 2.24) is 15.2 Å². The number of nitrogens with one attached hydrogen (secondary N) is 1. The van der Waals surface area contributed by atoms with Crippen LogP contribution in [0.4, 0.5) is 0 Å². The second kappa shape index (κ2) is 5.44. The predicted molar refractivity (Wildman–Crippen MR) is 74.1 cm³/mol. The summed E-state index contributed by atoms with van der Waals surface area (Å²) >= 11 is 1.53. The lowest BCUT2D eigenvalue weighted by Gasteiger charge is -2.07. The highest BCUT2D eigenvalue weighted by molar-refractivity contribution is 7.13. The van der Waals surface area contributed by atoms with E-state index < -0.39 is 0 Å². The van der Waals surface area contributed by atoms with Crippen LogP contribution in [0.3, 0.4) is 0 Å². The van der Waals surface area contributed by atoms with Gasteiger partial charge in [-0.1, -0.05) is 20.8 Å². The molecule has 0 radical (unpaired) electrons. The Kier molecular flexibility index (Phi) is 3.91. The van der Waals surface area contributed by atoms with Gasteiger partial charge >= 0.3 is 0 Å². The van der Waals surface area contributed by atoms with Gasteiger partial charge in [0.1, 0.15) is 5.01 Å². The third kappa shape index (κ3) is 2.22. The van der Waals surface area contributed by atoms with Crippen molar-refractivity contribution >= 4 is 11.3 Å². The molecular weight excluding hydrogens is 246 g/mol. The van der Waals surface area contributed by atoms with Gasteiger partial charge in [-0.15, -0.1) is 11.3 Å². The van der Waals surface area contributed by atoms with Gasteiger partial charge in [0.25, 0.3) is 5.56 Å². The van der Waals surface area contributed by atoms with Gasteiger partial charge in [-0.3, -0.25) is 4.79 Å². The van der Waals surface area contributed by atoms with Crippen LogP contribution in [-0.2, 0) is 19.3 Å². The molecular formula is C13H17N3OS. The lowest BCUT2D eigenvalue weighted by Crippen LogP contribution is -2.16. The molecule has 2 aromatic rings. The molecule has 2 aromatic heterocycles. The van der Waals surface area contributed by atoms with Crippen molar-refractivity contribution in [2.45, 2.75) is 40.0 Å². The van der Waals surface area contributed by atoms with Gasteiger partial charge in [0, 0.05) is 5.38 Å². The standard InChI is InChI=1S/C13H17N3OS/c1-4-8-7-18-13(14-8)11-9(5-2)10(6-3)15-16-12(11)17/h7H,4-6H2,1-3H3,(H,16,17). The molecule has 0 spiro atoms. The Labute approximate surface area is 110 Å². The number of nitrogens with zero attached hydrogens (tertiary/aromatic N) is 2. The Morgan fingerprint density at radius 2 is 2.00 bits per heavy atom.